The first-order valence-electron chi connectivity index (χ1n) is 8.02. The number of carbonyl (C=O) groups is 2. The lowest BCUT2D eigenvalue weighted by Crippen LogP contribution is -2.02. The van der Waals surface area contributed by atoms with Gasteiger partial charge in [-0.05, 0) is 82.0 Å². The Morgan fingerprint density at radius 1 is 0.714 bits per heavy atom. The highest BCUT2D eigenvalue weighted by molar-refractivity contribution is 8.80. The van der Waals surface area contributed by atoms with Crippen LogP contribution in [0.15, 0.2) is 58.3 Å². The van der Waals surface area contributed by atoms with Crippen molar-refractivity contribution in [2.45, 2.75) is 13.8 Å². The van der Waals surface area contributed by atoms with Gasteiger partial charge in [-0.25, -0.2) is 9.59 Å². The van der Waals surface area contributed by atoms with E-state index in [1.165, 1.54) is 24.3 Å². The molecule has 0 aliphatic heterocycles. The van der Waals surface area contributed by atoms with Crippen molar-refractivity contribution < 1.29 is 30.0 Å². The molecule has 0 spiro atoms. The van der Waals surface area contributed by atoms with E-state index in [-0.39, 0.29) is 21.3 Å². The molecule has 0 aliphatic rings. The molecule has 0 bridgehead atoms. The predicted octanol–water partition coefficient (Wildman–Crippen LogP) is 4.81. The van der Waals surface area contributed by atoms with Gasteiger partial charge in [0.15, 0.2) is 0 Å². The minimum atomic E-state index is -1.20. The molecule has 28 heavy (non-hydrogen) atoms. The van der Waals surface area contributed by atoms with Gasteiger partial charge in [0.25, 0.3) is 0 Å². The molecule has 2 rings (SSSR count). The van der Waals surface area contributed by atoms with E-state index in [0.29, 0.717) is 22.3 Å². The van der Waals surface area contributed by atoms with Gasteiger partial charge >= 0.3 is 11.9 Å². The number of rotatable bonds is 7. The zero-order valence-corrected chi connectivity index (χ0v) is 16.7. The SMILES string of the molecule is C/C(=C(/SS/C(C(=O)O)=C(\C)c1cccc(O)c1)C(=O)O)c1cccc(O)c1. The van der Waals surface area contributed by atoms with E-state index in [1.54, 1.807) is 38.1 Å². The van der Waals surface area contributed by atoms with Gasteiger partial charge in [0.2, 0.25) is 0 Å². The van der Waals surface area contributed by atoms with Gasteiger partial charge < -0.3 is 20.4 Å². The number of aliphatic carboxylic acids is 2. The number of phenolic OH excluding ortho intramolecular Hbond substituents is 2. The van der Waals surface area contributed by atoms with Gasteiger partial charge in [0, 0.05) is 0 Å². The molecule has 2 aromatic carbocycles. The molecule has 0 saturated carbocycles. The first-order valence-corrected chi connectivity index (χ1v) is 10.2. The molecule has 0 unspecified atom stereocenters. The first kappa shape index (κ1) is 21.5. The molecule has 0 fully saturated rings. The van der Waals surface area contributed by atoms with Crippen LogP contribution in [0, 0.1) is 0 Å². The van der Waals surface area contributed by atoms with Gasteiger partial charge in [-0.3, -0.25) is 0 Å². The van der Waals surface area contributed by atoms with Gasteiger partial charge in [0.05, 0.1) is 0 Å². The second-order valence-electron chi connectivity index (χ2n) is 5.79. The van der Waals surface area contributed by atoms with E-state index in [1.807, 2.05) is 0 Å². The van der Waals surface area contributed by atoms with Crippen LogP contribution in [-0.2, 0) is 9.59 Å². The molecule has 0 atom stereocenters. The zero-order chi connectivity index (χ0) is 20.8. The molecule has 2 aromatic rings. The number of hydrogen-bond donors (Lipinski definition) is 4. The Morgan fingerprint density at radius 2 is 1.07 bits per heavy atom. The van der Waals surface area contributed by atoms with Crippen molar-refractivity contribution in [1.82, 2.24) is 0 Å². The molecule has 0 radical (unpaired) electrons. The van der Waals surface area contributed by atoms with E-state index in [0.717, 1.165) is 21.6 Å². The third kappa shape index (κ3) is 5.34. The standard InChI is InChI=1S/C20H18O6S2/c1-11(13-5-3-7-15(21)9-13)17(19(23)24)27-28-18(20(25)26)12(2)14-6-4-8-16(22)10-14/h3-10,21-22H,1-2H3,(H,23,24)(H,25,26)/b17-11-,18-12+. The Bertz CT molecular complexity index is 899. The summed E-state index contributed by atoms with van der Waals surface area (Å²) in [5.74, 6) is -2.38. The topological polar surface area (TPSA) is 115 Å². The molecular weight excluding hydrogens is 400 g/mol. The summed E-state index contributed by atoms with van der Waals surface area (Å²) in [6, 6.07) is 12.3. The minimum absolute atomic E-state index is 0.00472. The fraction of sp³-hybridized carbons (Fsp3) is 0.100. The summed E-state index contributed by atoms with van der Waals surface area (Å²) in [4.78, 5) is 23.3. The molecule has 146 valence electrons. The summed E-state index contributed by atoms with van der Waals surface area (Å²) in [7, 11) is 1.63. The number of benzene rings is 2. The van der Waals surface area contributed by atoms with Gasteiger partial charge in [-0.15, -0.1) is 0 Å². The number of allylic oxidation sites excluding steroid dienone is 2. The highest BCUT2D eigenvalue weighted by atomic mass is 33.1. The third-order valence-corrected chi connectivity index (χ3v) is 6.46. The molecule has 0 aromatic heterocycles. The molecular formula is C20H18O6S2. The Hall–Kier alpha value is -2.84. The van der Waals surface area contributed by atoms with Crippen molar-refractivity contribution in [2.24, 2.45) is 0 Å². The Labute approximate surface area is 169 Å². The largest absolute Gasteiger partial charge is 0.508 e. The Balaban J connectivity index is 2.39. The normalized spacial score (nSPS) is 12.8. The van der Waals surface area contributed by atoms with Crippen LogP contribution in [0.1, 0.15) is 25.0 Å². The van der Waals surface area contributed by atoms with Crippen LogP contribution in [0.5, 0.6) is 11.5 Å². The molecule has 6 nitrogen and oxygen atoms in total. The van der Waals surface area contributed by atoms with Crippen LogP contribution in [0.2, 0.25) is 0 Å². The molecule has 4 N–H and O–H groups in total. The van der Waals surface area contributed by atoms with E-state index < -0.39 is 11.9 Å². The fourth-order valence-electron chi connectivity index (χ4n) is 2.34. The van der Waals surface area contributed by atoms with Crippen LogP contribution in [0.25, 0.3) is 11.1 Å². The van der Waals surface area contributed by atoms with Crippen LogP contribution in [-0.4, -0.2) is 32.4 Å². The van der Waals surface area contributed by atoms with Crippen LogP contribution in [0.3, 0.4) is 0 Å². The maximum absolute atomic E-state index is 11.7. The smallest absolute Gasteiger partial charge is 0.343 e. The second kappa shape index (κ2) is 9.38. The lowest BCUT2D eigenvalue weighted by atomic mass is 10.1. The lowest BCUT2D eigenvalue weighted by molar-refractivity contribution is -0.132. The van der Waals surface area contributed by atoms with E-state index in [9.17, 15) is 30.0 Å². The number of phenols is 2. The summed E-state index contributed by atoms with van der Waals surface area (Å²) in [5.41, 5.74) is 1.86. The van der Waals surface area contributed by atoms with Gasteiger partial charge in [0.1, 0.15) is 21.3 Å². The Kier molecular flexibility index (Phi) is 7.19. The summed E-state index contributed by atoms with van der Waals surface area (Å²) in [6.45, 7) is 3.19. The predicted molar refractivity (Wildman–Crippen MR) is 112 cm³/mol. The van der Waals surface area contributed by atoms with Crippen LogP contribution in [0.4, 0.5) is 0 Å². The van der Waals surface area contributed by atoms with Crippen molar-refractivity contribution in [3.05, 3.63) is 69.5 Å². The molecule has 0 amide bonds. The highest BCUT2D eigenvalue weighted by Crippen LogP contribution is 2.43. The second-order valence-corrected chi connectivity index (χ2v) is 7.94. The van der Waals surface area contributed by atoms with Crippen molar-refractivity contribution in [3.63, 3.8) is 0 Å². The zero-order valence-electron chi connectivity index (χ0n) is 15.0. The van der Waals surface area contributed by atoms with Crippen molar-refractivity contribution in [2.75, 3.05) is 0 Å². The number of carboxylic acid groups (broad SMARTS) is 2. The summed E-state index contributed by atoms with van der Waals surface area (Å²) in [5, 5.41) is 38.3. The van der Waals surface area contributed by atoms with Crippen molar-refractivity contribution >= 4 is 44.7 Å². The fourth-order valence-corrected chi connectivity index (χ4v) is 4.81. The van der Waals surface area contributed by atoms with Crippen molar-refractivity contribution in [1.29, 1.82) is 0 Å². The van der Waals surface area contributed by atoms with E-state index >= 15 is 0 Å². The van der Waals surface area contributed by atoms with Crippen molar-refractivity contribution in [3.8, 4) is 11.5 Å². The average molecular weight is 418 g/mol. The minimum Gasteiger partial charge on any atom is -0.508 e. The summed E-state index contributed by atoms with van der Waals surface area (Å²) in [6.07, 6.45) is 0. The summed E-state index contributed by atoms with van der Waals surface area (Å²) >= 11 is 0. The molecule has 8 heteroatoms. The van der Waals surface area contributed by atoms with E-state index in [2.05, 4.69) is 0 Å². The molecule has 0 aliphatic carbocycles. The quantitative estimate of drug-likeness (QED) is 0.374. The molecule has 0 heterocycles. The van der Waals surface area contributed by atoms with Crippen LogP contribution < -0.4 is 0 Å². The number of carboxylic acids is 2. The van der Waals surface area contributed by atoms with Crippen LogP contribution >= 0.6 is 21.6 Å². The monoisotopic (exact) mass is 418 g/mol. The lowest BCUT2D eigenvalue weighted by Gasteiger charge is -2.11. The Morgan fingerprint density at radius 3 is 1.36 bits per heavy atom. The van der Waals surface area contributed by atoms with Gasteiger partial charge in [-0.2, -0.15) is 0 Å². The highest BCUT2D eigenvalue weighted by Gasteiger charge is 2.20. The number of hydrogen-bond acceptors (Lipinski definition) is 6. The third-order valence-electron chi connectivity index (χ3n) is 3.84. The van der Waals surface area contributed by atoms with Gasteiger partial charge in [-0.1, -0.05) is 24.3 Å². The maximum atomic E-state index is 11.7. The number of aromatic hydroxyl groups is 2. The summed E-state index contributed by atoms with van der Waals surface area (Å²) < 4.78 is 0. The average Bonchev–Trinajstić information content (AvgIpc) is 2.63. The molecule has 0 saturated heterocycles. The maximum Gasteiger partial charge on any atom is 0.343 e. The van der Waals surface area contributed by atoms with E-state index in [4.69, 9.17) is 0 Å². The first-order chi connectivity index (χ1) is 13.2.